The van der Waals surface area contributed by atoms with Crippen LogP contribution >= 0.6 is 0 Å². The van der Waals surface area contributed by atoms with Crippen LogP contribution in [0.4, 0.5) is 0 Å². The Morgan fingerprint density at radius 1 is 1.32 bits per heavy atom. The zero-order chi connectivity index (χ0) is 17.6. The van der Waals surface area contributed by atoms with E-state index in [-0.39, 0.29) is 5.41 Å². The number of likely N-dealkylation sites (tertiary alicyclic amines) is 1. The highest BCUT2D eigenvalue weighted by Crippen LogP contribution is 2.41. The lowest BCUT2D eigenvalue weighted by atomic mass is 9.71. The van der Waals surface area contributed by atoms with E-state index in [1.165, 1.54) is 37.7 Å². The molecule has 0 aromatic carbocycles. The van der Waals surface area contributed by atoms with Gasteiger partial charge in [-0.15, -0.1) is 5.10 Å². The van der Waals surface area contributed by atoms with Crippen molar-refractivity contribution < 1.29 is 4.79 Å². The molecule has 1 saturated carbocycles. The van der Waals surface area contributed by atoms with Gasteiger partial charge in [0, 0.05) is 44.1 Å². The fraction of sp³-hybridized carbons (Fsp3) is 0.750. The van der Waals surface area contributed by atoms with Crippen molar-refractivity contribution in [3.63, 3.8) is 0 Å². The minimum atomic E-state index is 0.273. The number of rotatable bonds is 5. The molecule has 1 saturated heterocycles. The number of carbonyl (C=O) groups is 1. The van der Waals surface area contributed by atoms with E-state index in [1.807, 2.05) is 4.68 Å². The van der Waals surface area contributed by atoms with Crippen molar-refractivity contribution in [1.82, 2.24) is 19.9 Å². The maximum absolute atomic E-state index is 12.1. The van der Waals surface area contributed by atoms with E-state index in [4.69, 9.17) is 0 Å². The summed E-state index contributed by atoms with van der Waals surface area (Å²) in [5, 5.41) is 8.76. The molecule has 1 amide bonds. The van der Waals surface area contributed by atoms with Gasteiger partial charge in [-0.25, -0.2) is 0 Å². The molecule has 0 bridgehead atoms. The molecule has 2 heterocycles. The van der Waals surface area contributed by atoms with Crippen LogP contribution in [0.2, 0.25) is 0 Å². The highest BCUT2D eigenvalue weighted by Gasteiger charge is 2.39. The highest BCUT2D eigenvalue weighted by molar-refractivity contribution is 5.79. The second-order valence-corrected chi connectivity index (χ2v) is 8.95. The standard InChI is InChI=1S/C20H30N4O/c1-14-5-4-8-20(2,3)18(14)10-16-13-23(22-21-16)11-15-9-19(25)24(12-15)17-6-7-17/h13,15,17H,4-12H2,1-3H3. The predicted octanol–water partition coefficient (Wildman–Crippen LogP) is 3.36. The Labute approximate surface area is 150 Å². The molecule has 1 atom stereocenters. The summed E-state index contributed by atoms with van der Waals surface area (Å²) in [5.41, 5.74) is 4.41. The predicted molar refractivity (Wildman–Crippen MR) is 96.9 cm³/mol. The normalized spacial score (nSPS) is 26.6. The SMILES string of the molecule is CC1=C(Cc2cn(CC3CC(=O)N(C4CC4)C3)nn2)C(C)(C)CCC1. The van der Waals surface area contributed by atoms with Crippen molar-refractivity contribution in [1.29, 1.82) is 0 Å². The molecule has 136 valence electrons. The Bertz CT molecular complexity index is 698. The van der Waals surface area contributed by atoms with E-state index in [2.05, 4.69) is 42.2 Å². The first-order valence-electron chi connectivity index (χ1n) is 9.80. The van der Waals surface area contributed by atoms with E-state index in [9.17, 15) is 4.79 Å². The van der Waals surface area contributed by atoms with Crippen molar-refractivity contribution in [2.75, 3.05) is 6.54 Å². The molecule has 1 aromatic heterocycles. The van der Waals surface area contributed by atoms with Gasteiger partial charge in [-0.2, -0.15) is 0 Å². The summed E-state index contributed by atoms with van der Waals surface area (Å²) < 4.78 is 1.95. The summed E-state index contributed by atoms with van der Waals surface area (Å²) in [6.45, 7) is 8.69. The van der Waals surface area contributed by atoms with Crippen molar-refractivity contribution in [3.05, 3.63) is 23.0 Å². The quantitative estimate of drug-likeness (QED) is 0.771. The van der Waals surface area contributed by atoms with Crippen LogP contribution in [-0.4, -0.2) is 38.4 Å². The molecular formula is C20H30N4O. The third-order valence-corrected chi connectivity index (χ3v) is 6.30. The molecule has 0 spiro atoms. The molecule has 4 rings (SSSR count). The molecule has 3 aliphatic rings. The van der Waals surface area contributed by atoms with Gasteiger partial charge in [-0.05, 0) is 44.4 Å². The van der Waals surface area contributed by atoms with Crippen LogP contribution in [0, 0.1) is 11.3 Å². The minimum absolute atomic E-state index is 0.273. The number of hydrogen-bond donors (Lipinski definition) is 0. The Balaban J connectivity index is 1.40. The van der Waals surface area contributed by atoms with Gasteiger partial charge in [0.25, 0.3) is 0 Å². The van der Waals surface area contributed by atoms with Gasteiger partial charge < -0.3 is 4.90 Å². The Morgan fingerprint density at radius 3 is 2.84 bits per heavy atom. The van der Waals surface area contributed by atoms with Crippen LogP contribution in [0.15, 0.2) is 17.3 Å². The van der Waals surface area contributed by atoms with E-state index >= 15 is 0 Å². The van der Waals surface area contributed by atoms with Crippen LogP contribution in [-0.2, 0) is 17.8 Å². The van der Waals surface area contributed by atoms with Crippen molar-refractivity contribution in [2.45, 2.75) is 78.3 Å². The number of hydrogen-bond acceptors (Lipinski definition) is 3. The molecule has 25 heavy (non-hydrogen) atoms. The van der Waals surface area contributed by atoms with Crippen molar-refractivity contribution in [2.24, 2.45) is 11.3 Å². The van der Waals surface area contributed by atoms with Gasteiger partial charge in [0.1, 0.15) is 0 Å². The lowest BCUT2D eigenvalue weighted by Crippen LogP contribution is -2.27. The largest absolute Gasteiger partial charge is 0.339 e. The first-order chi connectivity index (χ1) is 11.9. The maximum atomic E-state index is 12.1. The lowest BCUT2D eigenvalue weighted by molar-refractivity contribution is -0.128. The number of nitrogens with zero attached hydrogens (tertiary/aromatic N) is 4. The summed E-state index contributed by atoms with van der Waals surface area (Å²) in [6.07, 6.45) is 9.83. The molecule has 2 fully saturated rings. The van der Waals surface area contributed by atoms with Crippen molar-refractivity contribution in [3.8, 4) is 0 Å². The molecule has 1 aromatic rings. The van der Waals surface area contributed by atoms with Gasteiger partial charge in [-0.3, -0.25) is 9.48 Å². The van der Waals surface area contributed by atoms with Gasteiger partial charge in [0.2, 0.25) is 5.91 Å². The van der Waals surface area contributed by atoms with Gasteiger partial charge in [0.05, 0.1) is 5.69 Å². The highest BCUT2D eigenvalue weighted by atomic mass is 16.2. The van der Waals surface area contributed by atoms with Gasteiger partial charge in [0.15, 0.2) is 0 Å². The molecule has 5 nitrogen and oxygen atoms in total. The van der Waals surface area contributed by atoms with Crippen LogP contribution in [0.5, 0.6) is 0 Å². The Hall–Kier alpha value is -1.65. The summed E-state index contributed by atoms with van der Waals surface area (Å²) in [5.74, 6) is 0.715. The fourth-order valence-corrected chi connectivity index (χ4v) is 4.69. The second kappa shape index (κ2) is 6.26. The monoisotopic (exact) mass is 342 g/mol. The van der Waals surface area contributed by atoms with E-state index < -0.39 is 0 Å². The second-order valence-electron chi connectivity index (χ2n) is 8.95. The van der Waals surface area contributed by atoms with Gasteiger partial charge in [-0.1, -0.05) is 30.2 Å². The van der Waals surface area contributed by atoms with Gasteiger partial charge >= 0.3 is 0 Å². The number of aromatic nitrogens is 3. The zero-order valence-corrected chi connectivity index (χ0v) is 15.8. The number of amides is 1. The lowest BCUT2D eigenvalue weighted by Gasteiger charge is -2.34. The first-order valence-corrected chi connectivity index (χ1v) is 9.80. The van der Waals surface area contributed by atoms with Crippen LogP contribution < -0.4 is 0 Å². The Morgan fingerprint density at radius 2 is 2.12 bits per heavy atom. The number of allylic oxidation sites excluding steroid dienone is 2. The molecule has 2 aliphatic carbocycles. The third kappa shape index (κ3) is 3.51. The topological polar surface area (TPSA) is 51.0 Å². The smallest absolute Gasteiger partial charge is 0.223 e. The molecule has 1 aliphatic heterocycles. The Kier molecular flexibility index (Phi) is 4.20. The summed E-state index contributed by atoms with van der Waals surface area (Å²) >= 11 is 0. The molecule has 5 heteroatoms. The average molecular weight is 342 g/mol. The average Bonchev–Trinajstić information content (AvgIpc) is 3.18. The summed E-state index contributed by atoms with van der Waals surface area (Å²) in [6, 6.07) is 0.534. The van der Waals surface area contributed by atoms with Crippen molar-refractivity contribution >= 4 is 5.91 Å². The van der Waals surface area contributed by atoms with Crippen LogP contribution in [0.25, 0.3) is 0 Å². The first kappa shape index (κ1) is 16.8. The zero-order valence-electron chi connectivity index (χ0n) is 15.8. The summed E-state index contributed by atoms with van der Waals surface area (Å²) in [4.78, 5) is 14.2. The minimum Gasteiger partial charge on any atom is -0.339 e. The molecule has 0 radical (unpaired) electrons. The van der Waals surface area contributed by atoms with Crippen LogP contribution in [0.1, 0.15) is 65.0 Å². The molecular weight excluding hydrogens is 312 g/mol. The fourth-order valence-electron chi connectivity index (χ4n) is 4.69. The van der Waals surface area contributed by atoms with E-state index in [1.54, 1.807) is 5.57 Å². The van der Waals surface area contributed by atoms with E-state index in [0.29, 0.717) is 24.3 Å². The maximum Gasteiger partial charge on any atom is 0.223 e. The van der Waals surface area contributed by atoms with E-state index in [0.717, 1.165) is 25.2 Å². The molecule has 1 unspecified atom stereocenters. The number of carbonyl (C=O) groups excluding carboxylic acids is 1. The third-order valence-electron chi connectivity index (χ3n) is 6.30. The molecule has 0 N–H and O–H groups in total. The summed E-state index contributed by atoms with van der Waals surface area (Å²) in [7, 11) is 0. The van der Waals surface area contributed by atoms with Crippen LogP contribution in [0.3, 0.4) is 0 Å².